The molecule has 0 bridgehead atoms. The Morgan fingerprint density at radius 1 is 1.10 bits per heavy atom. The number of hydrogen-bond donors (Lipinski definition) is 1. The summed E-state index contributed by atoms with van der Waals surface area (Å²) in [4.78, 5) is 4.46. The van der Waals surface area contributed by atoms with Gasteiger partial charge in [0.15, 0.2) is 11.5 Å². The summed E-state index contributed by atoms with van der Waals surface area (Å²) in [5.41, 5.74) is 1.67. The van der Waals surface area contributed by atoms with Crippen LogP contribution in [0.15, 0.2) is 42.5 Å². The molecule has 0 amide bonds. The van der Waals surface area contributed by atoms with E-state index in [1.54, 1.807) is 24.3 Å². The van der Waals surface area contributed by atoms with Crippen molar-refractivity contribution in [2.45, 2.75) is 0 Å². The topological polar surface area (TPSA) is 51.6 Å². The summed E-state index contributed by atoms with van der Waals surface area (Å²) in [6.07, 6.45) is 0. The minimum Gasteiger partial charge on any atom is -0.507 e. The van der Waals surface area contributed by atoms with Crippen LogP contribution in [0.2, 0.25) is 0 Å². The number of rotatable bonds is 1. The number of nitrogens with zero attached hydrogens (tertiary/aromatic N) is 1. The van der Waals surface area contributed by atoms with Gasteiger partial charge in [0.1, 0.15) is 11.6 Å². The summed E-state index contributed by atoms with van der Waals surface area (Å²) in [5.74, 6) is 0.752. The summed E-state index contributed by atoms with van der Waals surface area (Å²) < 4.78 is 24.0. The van der Waals surface area contributed by atoms with Crippen LogP contribution in [-0.2, 0) is 0 Å². The lowest BCUT2D eigenvalue weighted by atomic mass is 10.1. The van der Waals surface area contributed by atoms with Crippen molar-refractivity contribution >= 4 is 10.9 Å². The van der Waals surface area contributed by atoms with Crippen LogP contribution < -0.4 is 9.47 Å². The highest BCUT2D eigenvalue weighted by Gasteiger charge is 2.20. The average molecular weight is 283 g/mol. The van der Waals surface area contributed by atoms with E-state index in [-0.39, 0.29) is 18.4 Å². The molecule has 21 heavy (non-hydrogen) atoms. The lowest BCUT2D eigenvalue weighted by Gasteiger charge is -2.08. The third kappa shape index (κ3) is 1.86. The largest absolute Gasteiger partial charge is 0.507 e. The van der Waals surface area contributed by atoms with Crippen LogP contribution in [0.1, 0.15) is 0 Å². The minimum absolute atomic E-state index is 0.0293. The molecule has 1 aromatic heterocycles. The van der Waals surface area contributed by atoms with Gasteiger partial charge < -0.3 is 14.6 Å². The first-order valence-corrected chi connectivity index (χ1v) is 6.40. The molecule has 3 aromatic rings. The molecule has 104 valence electrons. The second-order valence-electron chi connectivity index (χ2n) is 4.73. The zero-order valence-corrected chi connectivity index (χ0v) is 10.8. The van der Waals surface area contributed by atoms with E-state index in [2.05, 4.69) is 4.98 Å². The van der Waals surface area contributed by atoms with Gasteiger partial charge in [-0.1, -0.05) is 12.1 Å². The van der Waals surface area contributed by atoms with Gasteiger partial charge in [-0.3, -0.25) is 0 Å². The van der Waals surface area contributed by atoms with Crippen molar-refractivity contribution < 1.29 is 19.0 Å². The fourth-order valence-electron chi connectivity index (χ4n) is 2.46. The summed E-state index contributed by atoms with van der Waals surface area (Å²) in [6.45, 7) is 0.125. The molecule has 0 atom stereocenters. The highest BCUT2D eigenvalue weighted by molar-refractivity contribution is 5.95. The van der Waals surface area contributed by atoms with Crippen molar-refractivity contribution in [3.63, 3.8) is 0 Å². The first-order chi connectivity index (χ1) is 10.2. The van der Waals surface area contributed by atoms with Crippen LogP contribution in [0.4, 0.5) is 4.39 Å². The van der Waals surface area contributed by atoms with E-state index in [9.17, 15) is 9.50 Å². The van der Waals surface area contributed by atoms with Gasteiger partial charge in [0.25, 0.3) is 0 Å². The van der Waals surface area contributed by atoms with Gasteiger partial charge in [-0.25, -0.2) is 9.37 Å². The van der Waals surface area contributed by atoms with E-state index in [1.165, 1.54) is 18.2 Å². The number of aromatic hydroxyl groups is 1. The van der Waals surface area contributed by atoms with Gasteiger partial charge in [0.2, 0.25) is 6.79 Å². The van der Waals surface area contributed by atoms with Crippen molar-refractivity contribution in [1.29, 1.82) is 0 Å². The normalized spacial score (nSPS) is 12.8. The third-order valence-electron chi connectivity index (χ3n) is 3.41. The van der Waals surface area contributed by atoms with Gasteiger partial charge in [-0.15, -0.1) is 0 Å². The lowest BCUT2D eigenvalue weighted by molar-refractivity contribution is 0.174. The number of pyridine rings is 1. The molecule has 0 saturated heterocycles. The second-order valence-corrected chi connectivity index (χ2v) is 4.73. The molecule has 4 rings (SSSR count). The van der Waals surface area contributed by atoms with Gasteiger partial charge in [0, 0.05) is 11.6 Å². The monoisotopic (exact) mass is 283 g/mol. The van der Waals surface area contributed by atoms with Crippen LogP contribution >= 0.6 is 0 Å². The van der Waals surface area contributed by atoms with E-state index < -0.39 is 0 Å². The van der Waals surface area contributed by atoms with Gasteiger partial charge >= 0.3 is 0 Å². The Labute approximate surface area is 119 Å². The molecule has 1 aliphatic rings. The molecule has 4 nitrogen and oxygen atoms in total. The van der Waals surface area contributed by atoms with E-state index in [0.29, 0.717) is 33.7 Å². The highest BCUT2D eigenvalue weighted by Crippen LogP contribution is 2.43. The Morgan fingerprint density at radius 3 is 2.86 bits per heavy atom. The smallest absolute Gasteiger partial charge is 0.231 e. The van der Waals surface area contributed by atoms with Gasteiger partial charge in [-0.05, 0) is 24.3 Å². The molecule has 5 heteroatoms. The molecular weight excluding hydrogens is 273 g/mol. The number of benzene rings is 2. The second kappa shape index (κ2) is 4.34. The molecular formula is C16H10FNO3. The first-order valence-electron chi connectivity index (χ1n) is 6.40. The molecule has 2 heterocycles. The first kappa shape index (κ1) is 12.0. The third-order valence-corrected chi connectivity index (χ3v) is 3.41. The zero-order valence-electron chi connectivity index (χ0n) is 10.8. The summed E-state index contributed by atoms with van der Waals surface area (Å²) in [7, 11) is 0. The minimum atomic E-state index is -0.348. The fourth-order valence-corrected chi connectivity index (χ4v) is 2.46. The SMILES string of the molecule is Oc1cc(-c2cccc(F)c2)nc2ccc3c(c12)OCO3. The van der Waals surface area contributed by atoms with Crippen molar-refractivity contribution in [2.24, 2.45) is 0 Å². The van der Waals surface area contributed by atoms with Gasteiger partial charge in [-0.2, -0.15) is 0 Å². The van der Waals surface area contributed by atoms with E-state index in [0.717, 1.165) is 0 Å². The molecule has 0 fully saturated rings. The molecule has 0 spiro atoms. The van der Waals surface area contributed by atoms with Crippen molar-refractivity contribution in [3.05, 3.63) is 48.3 Å². The zero-order chi connectivity index (χ0) is 14.4. The molecule has 2 aromatic carbocycles. The molecule has 0 unspecified atom stereocenters. The Bertz CT molecular complexity index is 864. The molecule has 0 aliphatic carbocycles. The molecule has 1 N–H and O–H groups in total. The Morgan fingerprint density at radius 2 is 2.00 bits per heavy atom. The number of fused-ring (bicyclic) bond motifs is 3. The lowest BCUT2D eigenvalue weighted by Crippen LogP contribution is -1.93. The Hall–Kier alpha value is -2.82. The molecule has 1 aliphatic heterocycles. The maximum Gasteiger partial charge on any atom is 0.231 e. The standard InChI is InChI=1S/C16H10FNO3/c17-10-3-1-2-9(6-10)12-7-13(19)15-11(18-12)4-5-14-16(15)21-8-20-14/h1-7H,8H2,(H,18,19). The van der Waals surface area contributed by atoms with Gasteiger partial charge in [0.05, 0.1) is 16.6 Å². The maximum atomic E-state index is 13.3. The number of halogens is 1. The Kier molecular flexibility index (Phi) is 2.47. The fraction of sp³-hybridized carbons (Fsp3) is 0.0625. The summed E-state index contributed by atoms with van der Waals surface area (Å²) in [5, 5.41) is 10.8. The summed E-state index contributed by atoms with van der Waals surface area (Å²) in [6, 6.07) is 11.1. The van der Waals surface area contributed by atoms with E-state index in [4.69, 9.17) is 9.47 Å². The van der Waals surface area contributed by atoms with E-state index in [1.807, 2.05) is 0 Å². The molecule has 0 saturated carbocycles. The van der Waals surface area contributed by atoms with Crippen molar-refractivity contribution in [1.82, 2.24) is 4.98 Å². The predicted octanol–water partition coefficient (Wildman–Crippen LogP) is 3.48. The molecule has 0 radical (unpaired) electrons. The average Bonchev–Trinajstić information content (AvgIpc) is 2.95. The quantitative estimate of drug-likeness (QED) is 0.743. The van der Waals surface area contributed by atoms with Crippen LogP contribution in [0.25, 0.3) is 22.2 Å². The summed E-state index contributed by atoms with van der Waals surface area (Å²) >= 11 is 0. The highest BCUT2D eigenvalue weighted by atomic mass is 19.1. The van der Waals surface area contributed by atoms with Crippen LogP contribution in [0, 0.1) is 5.82 Å². The van der Waals surface area contributed by atoms with Crippen LogP contribution in [-0.4, -0.2) is 16.9 Å². The number of aromatic nitrogens is 1. The Balaban J connectivity index is 1.96. The number of hydrogen-bond acceptors (Lipinski definition) is 4. The van der Waals surface area contributed by atoms with Crippen LogP contribution in [0.3, 0.4) is 0 Å². The van der Waals surface area contributed by atoms with Crippen LogP contribution in [0.5, 0.6) is 17.2 Å². The maximum absolute atomic E-state index is 13.3. The van der Waals surface area contributed by atoms with Crippen molar-refractivity contribution in [2.75, 3.05) is 6.79 Å². The number of ether oxygens (including phenoxy) is 2. The predicted molar refractivity (Wildman–Crippen MR) is 74.9 cm³/mol. The van der Waals surface area contributed by atoms with Crippen molar-refractivity contribution in [3.8, 4) is 28.5 Å². The van der Waals surface area contributed by atoms with E-state index >= 15 is 0 Å².